The number of sulfone groups is 2. The standard InChI is InChI=1S/C34H32N2O4S2/c1-23-11-16-32(36-22-23)30(25-12-14-29(15-13-25)41(4,37)38)19-24-8-6-9-26(18-24)31-21-28(34(2,3)42(5,39)40)20-27-10-7-17-35-33(27)31/h6-22H,1-5H3/b30-19+. The number of pyridine rings is 2. The molecule has 0 aliphatic rings. The first-order valence-corrected chi connectivity index (χ1v) is 17.2. The first-order chi connectivity index (χ1) is 19.7. The molecule has 0 unspecified atom stereocenters. The van der Waals surface area contributed by atoms with Crippen LogP contribution in [0.25, 0.3) is 33.7 Å². The molecule has 0 bridgehead atoms. The summed E-state index contributed by atoms with van der Waals surface area (Å²) in [6, 6.07) is 26.3. The summed E-state index contributed by atoms with van der Waals surface area (Å²) in [4.78, 5) is 9.54. The summed E-state index contributed by atoms with van der Waals surface area (Å²) in [5.41, 5.74) is 7.54. The molecular formula is C34H32N2O4S2. The SMILES string of the molecule is Cc1ccc(/C(=C/c2cccc(-c3cc(C(C)(C)S(C)(=O)=O)cc4cccnc34)c2)c2ccc(S(C)(=O)=O)cc2)nc1. The maximum Gasteiger partial charge on any atom is 0.175 e. The van der Waals surface area contributed by atoms with Crippen LogP contribution in [0, 0.1) is 6.92 Å². The van der Waals surface area contributed by atoms with E-state index >= 15 is 0 Å². The minimum atomic E-state index is -3.40. The third kappa shape index (κ3) is 5.91. The Morgan fingerprint density at radius 3 is 2.19 bits per heavy atom. The molecule has 0 atom stereocenters. The van der Waals surface area contributed by atoms with Crippen molar-refractivity contribution in [2.24, 2.45) is 0 Å². The summed E-state index contributed by atoms with van der Waals surface area (Å²) in [7, 11) is -6.73. The number of nitrogens with zero attached hydrogens (tertiary/aromatic N) is 2. The number of rotatable bonds is 7. The van der Waals surface area contributed by atoms with Gasteiger partial charge in [-0.3, -0.25) is 9.97 Å². The maximum atomic E-state index is 12.7. The second-order valence-electron chi connectivity index (χ2n) is 11.1. The van der Waals surface area contributed by atoms with E-state index < -0.39 is 24.4 Å². The average molecular weight is 597 g/mol. The Morgan fingerprint density at radius 1 is 0.810 bits per heavy atom. The quantitative estimate of drug-likeness (QED) is 0.190. The summed E-state index contributed by atoms with van der Waals surface area (Å²) in [6.45, 7) is 5.42. The van der Waals surface area contributed by atoms with Crippen LogP contribution in [0.3, 0.4) is 0 Å². The summed E-state index contributed by atoms with van der Waals surface area (Å²) in [5.74, 6) is 0. The van der Waals surface area contributed by atoms with Crippen LogP contribution >= 0.6 is 0 Å². The first-order valence-electron chi connectivity index (χ1n) is 13.4. The number of hydrogen-bond acceptors (Lipinski definition) is 6. The van der Waals surface area contributed by atoms with Gasteiger partial charge in [-0.05, 0) is 97.1 Å². The van der Waals surface area contributed by atoms with Gasteiger partial charge in [-0.2, -0.15) is 0 Å². The van der Waals surface area contributed by atoms with Gasteiger partial charge in [0.05, 0.1) is 20.9 Å². The van der Waals surface area contributed by atoms with Gasteiger partial charge in [0.1, 0.15) is 0 Å². The van der Waals surface area contributed by atoms with Gasteiger partial charge in [-0.15, -0.1) is 0 Å². The Balaban J connectivity index is 1.69. The van der Waals surface area contributed by atoms with E-state index in [9.17, 15) is 16.8 Å². The van der Waals surface area contributed by atoms with E-state index in [2.05, 4.69) is 9.97 Å². The Kier molecular flexibility index (Phi) is 7.64. The Labute approximate surface area is 247 Å². The fraction of sp³-hybridized carbons (Fsp3) is 0.176. The minimum absolute atomic E-state index is 0.251. The number of hydrogen-bond donors (Lipinski definition) is 0. The van der Waals surface area contributed by atoms with E-state index in [0.29, 0.717) is 5.56 Å². The molecule has 0 aliphatic heterocycles. The van der Waals surface area contributed by atoms with Crippen LogP contribution in [0.5, 0.6) is 0 Å². The van der Waals surface area contributed by atoms with Gasteiger partial charge in [0.25, 0.3) is 0 Å². The van der Waals surface area contributed by atoms with Crippen molar-refractivity contribution >= 4 is 42.2 Å². The number of benzene rings is 3. The third-order valence-corrected chi connectivity index (χ3v) is 10.8. The lowest BCUT2D eigenvalue weighted by Gasteiger charge is -2.24. The predicted molar refractivity (Wildman–Crippen MR) is 171 cm³/mol. The van der Waals surface area contributed by atoms with Crippen molar-refractivity contribution in [3.63, 3.8) is 0 Å². The molecule has 42 heavy (non-hydrogen) atoms. The molecule has 3 aromatic carbocycles. The molecule has 8 heteroatoms. The van der Waals surface area contributed by atoms with Crippen molar-refractivity contribution in [2.75, 3.05) is 12.5 Å². The molecule has 0 saturated carbocycles. The molecule has 0 amide bonds. The molecule has 0 fully saturated rings. The van der Waals surface area contributed by atoms with Crippen LogP contribution < -0.4 is 0 Å². The van der Waals surface area contributed by atoms with Crippen molar-refractivity contribution in [2.45, 2.75) is 30.4 Å². The molecule has 0 radical (unpaired) electrons. The lowest BCUT2D eigenvalue weighted by Crippen LogP contribution is -2.28. The maximum absolute atomic E-state index is 12.7. The molecule has 2 heterocycles. The van der Waals surface area contributed by atoms with Crippen LogP contribution in [0.1, 0.15) is 41.8 Å². The van der Waals surface area contributed by atoms with Crippen molar-refractivity contribution < 1.29 is 16.8 Å². The summed E-state index contributed by atoms with van der Waals surface area (Å²) in [6.07, 6.45) is 8.01. The molecule has 6 nitrogen and oxygen atoms in total. The van der Waals surface area contributed by atoms with Gasteiger partial charge in [-0.1, -0.05) is 42.5 Å². The highest BCUT2D eigenvalue weighted by molar-refractivity contribution is 7.91. The van der Waals surface area contributed by atoms with Gasteiger partial charge in [0, 0.05) is 41.4 Å². The van der Waals surface area contributed by atoms with Crippen LogP contribution in [0.15, 0.2) is 102 Å². The molecule has 5 aromatic rings. The number of aromatic nitrogens is 2. The van der Waals surface area contributed by atoms with Gasteiger partial charge in [-0.25, -0.2) is 16.8 Å². The highest BCUT2D eigenvalue weighted by Gasteiger charge is 2.33. The number of fused-ring (bicyclic) bond motifs is 1. The fourth-order valence-electron chi connectivity index (χ4n) is 4.75. The topological polar surface area (TPSA) is 94.1 Å². The van der Waals surface area contributed by atoms with Crippen LogP contribution in [-0.4, -0.2) is 39.3 Å². The van der Waals surface area contributed by atoms with Crippen LogP contribution in [0.4, 0.5) is 0 Å². The largest absolute Gasteiger partial charge is 0.256 e. The van der Waals surface area contributed by atoms with E-state index in [1.54, 1.807) is 50.5 Å². The summed E-state index contributed by atoms with van der Waals surface area (Å²) >= 11 is 0. The molecular weight excluding hydrogens is 565 g/mol. The third-order valence-electron chi connectivity index (χ3n) is 7.62. The number of aryl methyl sites for hydroxylation is 1. The van der Waals surface area contributed by atoms with E-state index in [4.69, 9.17) is 0 Å². The Hall–Kier alpha value is -4.14. The average Bonchev–Trinajstić information content (AvgIpc) is 2.95. The summed E-state index contributed by atoms with van der Waals surface area (Å²) < 4.78 is 48.4. The van der Waals surface area contributed by atoms with E-state index in [1.165, 1.54) is 12.5 Å². The molecule has 5 rings (SSSR count). The normalized spacial score (nSPS) is 12.9. The second-order valence-corrected chi connectivity index (χ2v) is 15.7. The van der Waals surface area contributed by atoms with Crippen LogP contribution in [0.2, 0.25) is 0 Å². The van der Waals surface area contributed by atoms with Gasteiger partial charge >= 0.3 is 0 Å². The van der Waals surface area contributed by atoms with Gasteiger partial charge in [0.2, 0.25) is 0 Å². The molecule has 0 N–H and O–H groups in total. The highest BCUT2D eigenvalue weighted by Crippen LogP contribution is 2.37. The molecule has 0 saturated heterocycles. The van der Waals surface area contributed by atoms with Crippen molar-refractivity contribution in [1.29, 1.82) is 0 Å². The van der Waals surface area contributed by atoms with E-state index in [0.717, 1.165) is 50.0 Å². The Bertz CT molecular complexity index is 2050. The summed E-state index contributed by atoms with van der Waals surface area (Å²) in [5, 5.41) is 0.859. The first kappa shape index (κ1) is 29.4. The highest BCUT2D eigenvalue weighted by atomic mass is 32.2. The van der Waals surface area contributed by atoms with Gasteiger partial charge < -0.3 is 0 Å². The minimum Gasteiger partial charge on any atom is -0.256 e. The molecule has 214 valence electrons. The van der Waals surface area contributed by atoms with E-state index in [-0.39, 0.29) is 4.90 Å². The lowest BCUT2D eigenvalue weighted by atomic mass is 9.92. The molecule has 0 spiro atoms. The molecule has 0 aliphatic carbocycles. The zero-order valence-electron chi connectivity index (χ0n) is 24.2. The smallest absolute Gasteiger partial charge is 0.175 e. The lowest BCUT2D eigenvalue weighted by molar-refractivity contribution is 0.561. The van der Waals surface area contributed by atoms with Crippen molar-refractivity contribution in [1.82, 2.24) is 9.97 Å². The van der Waals surface area contributed by atoms with Gasteiger partial charge in [0.15, 0.2) is 19.7 Å². The Morgan fingerprint density at radius 2 is 1.55 bits per heavy atom. The van der Waals surface area contributed by atoms with E-state index in [1.807, 2.05) is 73.7 Å². The second kappa shape index (κ2) is 10.9. The predicted octanol–water partition coefficient (Wildman–Crippen LogP) is 6.88. The monoisotopic (exact) mass is 596 g/mol. The van der Waals surface area contributed by atoms with Crippen molar-refractivity contribution in [3.05, 3.63) is 125 Å². The zero-order valence-corrected chi connectivity index (χ0v) is 25.8. The molecule has 2 aromatic heterocycles. The zero-order chi connectivity index (χ0) is 30.3. The van der Waals surface area contributed by atoms with Crippen LogP contribution in [-0.2, 0) is 24.4 Å². The van der Waals surface area contributed by atoms with Crippen molar-refractivity contribution in [3.8, 4) is 11.1 Å². The fourth-order valence-corrected chi connectivity index (χ4v) is 5.93.